The van der Waals surface area contributed by atoms with Crippen molar-refractivity contribution in [2.24, 2.45) is 17.3 Å². The van der Waals surface area contributed by atoms with Crippen LogP contribution in [0.5, 0.6) is 0 Å². The minimum atomic E-state index is -3.55. The fourth-order valence-corrected chi connectivity index (χ4v) is 4.37. The van der Waals surface area contributed by atoms with Crippen LogP contribution in [0.15, 0.2) is 34.7 Å². The van der Waals surface area contributed by atoms with Gasteiger partial charge in [-0.2, -0.15) is 0 Å². The van der Waals surface area contributed by atoms with Gasteiger partial charge in [-0.3, -0.25) is 4.79 Å². The Labute approximate surface area is 151 Å². The number of allylic oxidation sites excluding steroid dienone is 2. The summed E-state index contributed by atoms with van der Waals surface area (Å²) in [6.07, 6.45) is 2.14. The highest BCUT2D eigenvalue weighted by Crippen LogP contribution is 2.59. The van der Waals surface area contributed by atoms with E-state index in [9.17, 15) is 13.2 Å². The van der Waals surface area contributed by atoms with Crippen molar-refractivity contribution < 1.29 is 13.2 Å². The van der Waals surface area contributed by atoms with E-state index >= 15 is 0 Å². The van der Waals surface area contributed by atoms with Crippen molar-refractivity contribution in [3.63, 3.8) is 0 Å². The van der Waals surface area contributed by atoms with Gasteiger partial charge in [-0.05, 0) is 49.8 Å². The van der Waals surface area contributed by atoms with Gasteiger partial charge in [0.25, 0.3) is 0 Å². The fourth-order valence-electron chi connectivity index (χ4n) is 3.22. The van der Waals surface area contributed by atoms with Crippen molar-refractivity contribution in [1.82, 2.24) is 4.31 Å². The molecule has 0 aliphatic heterocycles. The molecule has 0 bridgehead atoms. The molecule has 0 spiro atoms. The molecule has 1 fully saturated rings. The number of carbonyl (C=O) groups is 1. The number of carbonyl (C=O) groups excluding carboxylic acids is 1. The first-order valence-electron chi connectivity index (χ1n) is 8.38. The summed E-state index contributed by atoms with van der Waals surface area (Å²) < 4.78 is 26.0. The predicted molar refractivity (Wildman–Crippen MR) is 101 cm³/mol. The van der Waals surface area contributed by atoms with Crippen LogP contribution in [0.2, 0.25) is 0 Å². The first-order chi connectivity index (χ1) is 11.4. The summed E-state index contributed by atoms with van der Waals surface area (Å²) in [5.41, 5.74) is 2.28. The molecule has 1 N–H and O–H groups in total. The number of anilines is 1. The molecule has 1 amide bonds. The molecule has 2 rings (SSSR count). The lowest BCUT2D eigenvalue weighted by Gasteiger charge is -2.15. The van der Waals surface area contributed by atoms with Crippen LogP contribution in [0, 0.1) is 24.2 Å². The Balaban J connectivity index is 2.25. The molecule has 0 radical (unpaired) electrons. The fraction of sp³-hybridized carbons (Fsp3) is 0.526. The Hall–Kier alpha value is -1.66. The molecule has 138 valence electrons. The molecular weight excluding hydrogens is 336 g/mol. The van der Waals surface area contributed by atoms with Gasteiger partial charge >= 0.3 is 0 Å². The van der Waals surface area contributed by atoms with Crippen LogP contribution in [0.1, 0.15) is 33.3 Å². The largest absolute Gasteiger partial charge is 0.326 e. The van der Waals surface area contributed by atoms with Crippen LogP contribution >= 0.6 is 0 Å². The molecule has 1 aromatic rings. The third-order valence-electron chi connectivity index (χ3n) is 4.92. The van der Waals surface area contributed by atoms with Crippen LogP contribution in [-0.4, -0.2) is 32.7 Å². The molecule has 1 aliphatic rings. The summed E-state index contributed by atoms with van der Waals surface area (Å²) >= 11 is 0. The number of nitrogens with one attached hydrogen (secondary N) is 1. The van der Waals surface area contributed by atoms with Crippen LogP contribution in [0.25, 0.3) is 0 Å². The van der Waals surface area contributed by atoms with Crippen molar-refractivity contribution in [2.75, 3.05) is 19.4 Å². The van der Waals surface area contributed by atoms with Gasteiger partial charge in [-0.25, -0.2) is 12.7 Å². The van der Waals surface area contributed by atoms with Crippen LogP contribution < -0.4 is 5.32 Å². The highest BCUT2D eigenvalue weighted by Gasteiger charge is 2.60. The normalized spacial score (nSPS) is 21.8. The molecule has 25 heavy (non-hydrogen) atoms. The molecule has 1 saturated carbocycles. The second-order valence-electron chi connectivity index (χ2n) is 7.83. The van der Waals surface area contributed by atoms with Gasteiger partial charge in [0, 0.05) is 19.8 Å². The van der Waals surface area contributed by atoms with Gasteiger partial charge in [-0.1, -0.05) is 31.6 Å². The maximum absolute atomic E-state index is 12.7. The third kappa shape index (κ3) is 3.80. The maximum Gasteiger partial charge on any atom is 0.242 e. The second kappa shape index (κ2) is 6.57. The molecule has 1 aromatic carbocycles. The molecule has 0 aromatic heterocycles. The van der Waals surface area contributed by atoms with E-state index in [4.69, 9.17) is 0 Å². The number of amides is 1. The van der Waals surface area contributed by atoms with Crippen LogP contribution in [0.3, 0.4) is 0 Å². The first kappa shape index (κ1) is 19.7. The number of rotatable bonds is 5. The number of hydrogen-bond donors (Lipinski definition) is 1. The van der Waals surface area contributed by atoms with Crippen LogP contribution in [0.4, 0.5) is 5.69 Å². The molecule has 0 heterocycles. The van der Waals surface area contributed by atoms with E-state index < -0.39 is 10.0 Å². The monoisotopic (exact) mass is 364 g/mol. The average Bonchev–Trinajstić information content (AvgIpc) is 3.00. The quantitative estimate of drug-likeness (QED) is 0.814. The minimum Gasteiger partial charge on any atom is -0.326 e. The minimum absolute atomic E-state index is 0.0652. The molecule has 5 nitrogen and oxygen atoms in total. The van der Waals surface area contributed by atoms with Crippen molar-refractivity contribution in [1.29, 1.82) is 0 Å². The number of nitrogens with zero attached hydrogens (tertiary/aromatic N) is 1. The lowest BCUT2D eigenvalue weighted by molar-refractivity contribution is -0.118. The average molecular weight is 365 g/mol. The Morgan fingerprint density at radius 3 is 2.36 bits per heavy atom. The summed E-state index contributed by atoms with van der Waals surface area (Å²) in [5, 5.41) is 2.89. The van der Waals surface area contributed by atoms with E-state index in [0.717, 1.165) is 0 Å². The van der Waals surface area contributed by atoms with Crippen molar-refractivity contribution in [3.8, 4) is 0 Å². The molecule has 1 aliphatic carbocycles. The van der Waals surface area contributed by atoms with Gasteiger partial charge in [0.05, 0.1) is 10.8 Å². The molecule has 2 atom stereocenters. The van der Waals surface area contributed by atoms with Gasteiger partial charge in [0.2, 0.25) is 15.9 Å². The lowest BCUT2D eigenvalue weighted by atomic mass is 10.1. The molecule has 0 saturated heterocycles. The third-order valence-corrected chi connectivity index (χ3v) is 6.88. The molecular formula is C19H28N2O3S. The summed E-state index contributed by atoms with van der Waals surface area (Å²) in [7, 11) is -0.554. The summed E-state index contributed by atoms with van der Waals surface area (Å²) in [5.74, 6) is 0.0510. The summed E-state index contributed by atoms with van der Waals surface area (Å²) in [6.45, 7) is 9.97. The zero-order chi connectivity index (χ0) is 19.2. The molecule has 6 heteroatoms. The summed E-state index contributed by atoms with van der Waals surface area (Å²) in [6, 6.07) is 5.00. The topological polar surface area (TPSA) is 66.5 Å². The highest BCUT2D eigenvalue weighted by molar-refractivity contribution is 7.89. The predicted octanol–water partition coefficient (Wildman–Crippen LogP) is 3.42. The van der Waals surface area contributed by atoms with Gasteiger partial charge in [-0.15, -0.1) is 0 Å². The zero-order valence-corrected chi connectivity index (χ0v) is 16.9. The second-order valence-corrected chi connectivity index (χ2v) is 9.95. The Bertz CT molecular complexity index is 819. The van der Waals surface area contributed by atoms with Gasteiger partial charge < -0.3 is 5.32 Å². The summed E-state index contributed by atoms with van der Waals surface area (Å²) in [4.78, 5) is 12.9. The maximum atomic E-state index is 12.7. The van der Waals surface area contributed by atoms with Crippen molar-refractivity contribution >= 4 is 21.6 Å². The van der Waals surface area contributed by atoms with Gasteiger partial charge in [0.15, 0.2) is 0 Å². The SMILES string of the molecule is CC(C)=C[C@H]1[C@@H](C(=O)Nc2ccc(C)c(S(=O)(=O)N(C)C)c2)C1(C)C. The standard InChI is InChI=1S/C19H28N2O3S/c1-12(2)10-15-17(19(15,4)5)18(22)20-14-9-8-13(3)16(11-14)25(23,24)21(6)7/h8-11,15,17H,1-7H3,(H,20,22)/t15-,17-/m0/s1. The van der Waals surface area contributed by atoms with Gasteiger partial charge in [0.1, 0.15) is 0 Å². The van der Waals surface area contributed by atoms with E-state index in [2.05, 4.69) is 25.2 Å². The highest BCUT2D eigenvalue weighted by atomic mass is 32.2. The van der Waals surface area contributed by atoms with E-state index in [1.165, 1.54) is 30.0 Å². The van der Waals surface area contributed by atoms with Crippen molar-refractivity contribution in [3.05, 3.63) is 35.4 Å². The van der Waals surface area contributed by atoms with E-state index in [1.54, 1.807) is 19.1 Å². The first-order valence-corrected chi connectivity index (χ1v) is 9.82. The Kier molecular flexibility index (Phi) is 5.17. The number of hydrogen-bond acceptors (Lipinski definition) is 3. The number of benzene rings is 1. The number of sulfonamides is 1. The lowest BCUT2D eigenvalue weighted by Crippen LogP contribution is -2.23. The van der Waals surface area contributed by atoms with E-state index in [0.29, 0.717) is 11.3 Å². The van der Waals surface area contributed by atoms with E-state index in [-0.39, 0.29) is 28.1 Å². The molecule has 0 unspecified atom stereocenters. The Morgan fingerprint density at radius 1 is 1.24 bits per heavy atom. The smallest absolute Gasteiger partial charge is 0.242 e. The Morgan fingerprint density at radius 2 is 1.84 bits per heavy atom. The zero-order valence-electron chi connectivity index (χ0n) is 16.0. The van der Waals surface area contributed by atoms with E-state index in [1.807, 2.05) is 13.8 Å². The van der Waals surface area contributed by atoms with Crippen molar-refractivity contribution in [2.45, 2.75) is 39.5 Å². The number of aryl methyl sites for hydroxylation is 1. The van der Waals surface area contributed by atoms with Crippen LogP contribution in [-0.2, 0) is 14.8 Å².